The summed E-state index contributed by atoms with van der Waals surface area (Å²) in [4.78, 5) is 4.46. The number of rotatable bonds is 8. The zero-order valence-electron chi connectivity index (χ0n) is 19.4. The van der Waals surface area contributed by atoms with Crippen LogP contribution in [0, 0.1) is 11.3 Å². The van der Waals surface area contributed by atoms with Crippen LogP contribution in [0.5, 0.6) is 5.88 Å². The van der Waals surface area contributed by atoms with Crippen LogP contribution in [-0.2, 0) is 0 Å². The minimum atomic E-state index is -1.11. The predicted octanol–water partition coefficient (Wildman–Crippen LogP) is 5.08. The lowest BCUT2D eigenvalue weighted by molar-refractivity contribution is 0.0195. The Morgan fingerprint density at radius 1 is 1.38 bits per heavy atom. The van der Waals surface area contributed by atoms with E-state index in [9.17, 15) is 9.50 Å². The van der Waals surface area contributed by atoms with E-state index >= 15 is 4.39 Å². The molecule has 0 saturated heterocycles. The molecule has 1 aliphatic carbocycles. The van der Waals surface area contributed by atoms with Crippen LogP contribution in [0.1, 0.15) is 39.5 Å². The average molecular weight is 474 g/mol. The number of hydrogen-bond donors (Lipinski definition) is 4. The van der Waals surface area contributed by atoms with Gasteiger partial charge in [0.2, 0.25) is 11.8 Å². The van der Waals surface area contributed by atoms with Crippen LogP contribution in [0.15, 0.2) is 29.5 Å². The van der Waals surface area contributed by atoms with E-state index in [4.69, 9.17) is 10.3 Å². The van der Waals surface area contributed by atoms with Gasteiger partial charge in [-0.1, -0.05) is 6.07 Å². The van der Waals surface area contributed by atoms with Gasteiger partial charge < -0.3 is 20.5 Å². The fraction of sp³-hybridized carbons (Fsp3) is 0.478. The van der Waals surface area contributed by atoms with Gasteiger partial charge in [0, 0.05) is 12.6 Å². The van der Waals surface area contributed by atoms with Gasteiger partial charge in [0.05, 0.1) is 30.2 Å². The topological polar surface area (TPSA) is 120 Å². The summed E-state index contributed by atoms with van der Waals surface area (Å²) in [6.07, 6.45) is 3.02. The highest BCUT2D eigenvalue weighted by molar-refractivity contribution is 5.88. The number of alkyl halides is 1. The van der Waals surface area contributed by atoms with Crippen molar-refractivity contribution in [2.24, 2.45) is 5.11 Å². The lowest BCUT2D eigenvalue weighted by Gasteiger charge is -2.33. The maximum absolute atomic E-state index is 15.2. The van der Waals surface area contributed by atoms with E-state index in [1.54, 1.807) is 18.2 Å². The molecule has 0 aliphatic heterocycles. The summed E-state index contributed by atoms with van der Waals surface area (Å²) in [5.41, 5.74) is 8.49. The number of anilines is 2. The fourth-order valence-corrected chi connectivity index (χ4v) is 4.25. The molecule has 4 rings (SSSR count). The van der Waals surface area contributed by atoms with Crippen LogP contribution in [0.4, 0.5) is 26.1 Å². The summed E-state index contributed by atoms with van der Waals surface area (Å²) in [5, 5.41) is 24.2. The molecule has 0 bridgehead atoms. The van der Waals surface area contributed by atoms with E-state index in [0.29, 0.717) is 41.2 Å². The Bertz CT molecular complexity index is 1190. The molecule has 1 aromatic carbocycles. The van der Waals surface area contributed by atoms with E-state index in [2.05, 4.69) is 25.8 Å². The predicted molar refractivity (Wildman–Crippen MR) is 125 cm³/mol. The number of ether oxygens (including phenoxy) is 1. The number of aromatic nitrogens is 3. The second kappa shape index (κ2) is 9.49. The number of benzene rings is 1. The third kappa shape index (κ3) is 4.93. The van der Waals surface area contributed by atoms with Crippen LogP contribution in [0.2, 0.25) is 0 Å². The molecule has 1 atom stereocenters. The van der Waals surface area contributed by atoms with Gasteiger partial charge in [-0.3, -0.25) is 0 Å². The second-order valence-electron chi connectivity index (χ2n) is 9.01. The van der Waals surface area contributed by atoms with Crippen molar-refractivity contribution < 1.29 is 18.6 Å². The summed E-state index contributed by atoms with van der Waals surface area (Å²) in [7, 11) is 1.45. The number of hydrogen-bond acceptors (Lipinski definition) is 8. The lowest BCUT2D eigenvalue weighted by atomic mass is 9.84. The number of fused-ring (bicyclic) bond motifs is 1. The van der Waals surface area contributed by atoms with Crippen LogP contribution >= 0.6 is 0 Å². The minimum Gasteiger partial charge on any atom is -0.479 e. The molecule has 0 spiro atoms. The molecule has 34 heavy (non-hydrogen) atoms. The van der Waals surface area contributed by atoms with Gasteiger partial charge in [-0.15, -0.1) is 5.10 Å². The standard InChI is InChI=1S/C23H29F2N7O2/c1-13(24)11-27-18-10-14(4-5-17(18)30-26)19-16(25)12-32-20(19)21(34-3)29-22(31-32)28-15-6-8-23(2,33)9-7-15/h4-5,10,12-13,15,26-27,33H,6-9,11H2,1-3H3,(H,28,31)/t13-,15?,23?/m0/s1. The second-order valence-corrected chi connectivity index (χ2v) is 9.01. The van der Waals surface area contributed by atoms with Gasteiger partial charge in [0.25, 0.3) is 0 Å². The summed E-state index contributed by atoms with van der Waals surface area (Å²) < 4.78 is 35.4. The van der Waals surface area contributed by atoms with Crippen LogP contribution in [0.3, 0.4) is 0 Å². The number of nitrogens with one attached hydrogen (secondary N) is 3. The van der Waals surface area contributed by atoms with Crippen molar-refractivity contribution in [3.8, 4) is 17.0 Å². The quantitative estimate of drug-likeness (QED) is 0.339. The van der Waals surface area contributed by atoms with E-state index in [-0.39, 0.29) is 24.0 Å². The Labute approximate surface area is 196 Å². The van der Waals surface area contributed by atoms with Crippen LogP contribution in [0.25, 0.3) is 16.6 Å². The summed E-state index contributed by atoms with van der Waals surface area (Å²) in [6, 6.07) is 4.91. The van der Waals surface area contributed by atoms with Crippen LogP contribution < -0.4 is 15.4 Å². The van der Waals surface area contributed by atoms with Crippen molar-refractivity contribution in [3.05, 3.63) is 30.2 Å². The summed E-state index contributed by atoms with van der Waals surface area (Å²) in [5.74, 6) is -0.0285. The highest BCUT2D eigenvalue weighted by Gasteiger charge is 2.29. The van der Waals surface area contributed by atoms with Gasteiger partial charge in [0.1, 0.15) is 17.4 Å². The van der Waals surface area contributed by atoms with E-state index < -0.39 is 17.6 Å². The van der Waals surface area contributed by atoms with Crippen molar-refractivity contribution in [1.82, 2.24) is 14.6 Å². The van der Waals surface area contributed by atoms with Crippen molar-refractivity contribution in [2.75, 3.05) is 24.3 Å². The number of methoxy groups -OCH3 is 1. The minimum absolute atomic E-state index is 0.0308. The van der Waals surface area contributed by atoms with Crippen molar-refractivity contribution >= 4 is 22.8 Å². The molecular weight excluding hydrogens is 444 g/mol. The number of aliphatic hydroxyl groups is 1. The first-order valence-corrected chi connectivity index (χ1v) is 11.2. The Balaban J connectivity index is 1.70. The molecule has 4 N–H and O–H groups in total. The lowest BCUT2D eigenvalue weighted by Crippen LogP contribution is -2.36. The van der Waals surface area contributed by atoms with Gasteiger partial charge in [-0.25, -0.2) is 18.8 Å². The molecule has 2 aromatic heterocycles. The molecular formula is C23H29F2N7O2. The molecule has 0 unspecified atom stereocenters. The van der Waals surface area contributed by atoms with Crippen LogP contribution in [-0.4, -0.2) is 51.2 Å². The number of halogens is 2. The summed E-state index contributed by atoms with van der Waals surface area (Å²) >= 11 is 0. The molecule has 0 amide bonds. The molecule has 1 fully saturated rings. The molecule has 2 heterocycles. The van der Waals surface area contributed by atoms with E-state index in [1.807, 2.05) is 6.92 Å². The molecule has 1 saturated carbocycles. The van der Waals surface area contributed by atoms with E-state index in [1.165, 1.54) is 24.7 Å². The Morgan fingerprint density at radius 2 is 2.12 bits per heavy atom. The third-order valence-corrected chi connectivity index (χ3v) is 6.12. The first kappa shape index (κ1) is 23.8. The largest absolute Gasteiger partial charge is 0.479 e. The highest BCUT2D eigenvalue weighted by atomic mass is 19.1. The van der Waals surface area contributed by atoms with Gasteiger partial charge in [-0.2, -0.15) is 10.1 Å². The molecule has 0 radical (unpaired) electrons. The average Bonchev–Trinajstić information content (AvgIpc) is 3.13. The van der Waals surface area contributed by atoms with Gasteiger partial charge in [-0.05, 0) is 57.2 Å². The van der Waals surface area contributed by atoms with E-state index in [0.717, 1.165) is 12.8 Å². The smallest absolute Gasteiger partial charge is 0.244 e. The third-order valence-electron chi connectivity index (χ3n) is 6.12. The zero-order chi connectivity index (χ0) is 24.5. The summed E-state index contributed by atoms with van der Waals surface area (Å²) in [6.45, 7) is 3.28. The maximum atomic E-state index is 15.2. The van der Waals surface area contributed by atoms with Crippen molar-refractivity contribution in [3.63, 3.8) is 0 Å². The Morgan fingerprint density at radius 3 is 2.76 bits per heavy atom. The molecule has 9 nitrogen and oxygen atoms in total. The molecule has 3 aromatic rings. The number of nitrogens with zero attached hydrogens (tertiary/aromatic N) is 4. The van der Waals surface area contributed by atoms with Crippen molar-refractivity contribution in [1.29, 1.82) is 5.53 Å². The zero-order valence-corrected chi connectivity index (χ0v) is 19.4. The maximum Gasteiger partial charge on any atom is 0.244 e. The first-order chi connectivity index (χ1) is 16.2. The van der Waals surface area contributed by atoms with Crippen molar-refractivity contribution in [2.45, 2.75) is 57.3 Å². The SMILES string of the molecule is COc1nc(NC2CCC(C)(O)CC2)nn2cc(F)c(-c3ccc(N=N)c(NC[C@H](C)F)c3)c12. The van der Waals surface area contributed by atoms with Gasteiger partial charge >= 0.3 is 0 Å². The normalized spacial score (nSPS) is 21.3. The molecule has 182 valence electrons. The highest BCUT2D eigenvalue weighted by Crippen LogP contribution is 2.38. The molecule has 1 aliphatic rings. The van der Waals surface area contributed by atoms with Gasteiger partial charge in [0.15, 0.2) is 5.82 Å². The Kier molecular flexibility index (Phi) is 6.65. The fourth-order valence-electron chi connectivity index (χ4n) is 4.25. The first-order valence-electron chi connectivity index (χ1n) is 11.2. The molecule has 11 heteroatoms. The monoisotopic (exact) mass is 473 g/mol. The Hall–Kier alpha value is -3.34.